The van der Waals surface area contributed by atoms with Crippen LogP contribution in [0.15, 0.2) is 41.7 Å². The van der Waals surface area contributed by atoms with E-state index in [1.54, 1.807) is 18.3 Å². The first kappa shape index (κ1) is 18.7. The summed E-state index contributed by atoms with van der Waals surface area (Å²) < 4.78 is 27.1. The van der Waals surface area contributed by atoms with Gasteiger partial charge in [0.1, 0.15) is 17.8 Å². The molecule has 28 heavy (non-hydrogen) atoms. The number of aromatic nitrogens is 3. The van der Waals surface area contributed by atoms with Crippen LogP contribution in [0.1, 0.15) is 26.7 Å². The number of H-pyrrole nitrogens is 1. The molecule has 148 valence electrons. The highest BCUT2D eigenvalue weighted by Crippen LogP contribution is 2.38. The second-order valence-electron chi connectivity index (χ2n) is 7.16. The minimum atomic E-state index is -3.56. The van der Waals surface area contributed by atoms with Crippen molar-refractivity contribution in [1.29, 1.82) is 0 Å². The zero-order valence-corrected chi connectivity index (χ0v) is 16.9. The van der Waals surface area contributed by atoms with Crippen molar-refractivity contribution < 1.29 is 8.42 Å². The monoisotopic (exact) mass is 400 g/mol. The van der Waals surface area contributed by atoms with Crippen molar-refractivity contribution in [2.75, 3.05) is 17.3 Å². The average Bonchev–Trinajstić information content (AvgIpc) is 3.29. The molecule has 1 aliphatic rings. The van der Waals surface area contributed by atoms with Crippen LogP contribution >= 0.6 is 0 Å². The van der Waals surface area contributed by atoms with Crippen LogP contribution in [0.5, 0.6) is 0 Å². The Morgan fingerprint density at radius 2 is 1.89 bits per heavy atom. The molecule has 1 aromatic carbocycles. The van der Waals surface area contributed by atoms with E-state index in [0.717, 1.165) is 29.6 Å². The lowest BCUT2D eigenvalue weighted by atomic mass is 10.2. The van der Waals surface area contributed by atoms with Crippen LogP contribution in [-0.2, 0) is 10.0 Å². The summed E-state index contributed by atoms with van der Waals surface area (Å²) in [6, 6.07) is 7.84. The van der Waals surface area contributed by atoms with E-state index >= 15 is 0 Å². The van der Waals surface area contributed by atoms with Gasteiger partial charge in [0, 0.05) is 18.3 Å². The number of benzene rings is 1. The third kappa shape index (κ3) is 3.20. The maximum Gasteiger partial charge on any atom is 0.240 e. The van der Waals surface area contributed by atoms with Crippen LogP contribution in [0.2, 0.25) is 0 Å². The quantitative estimate of drug-likeness (QED) is 0.608. The van der Waals surface area contributed by atoms with E-state index in [1.165, 1.54) is 13.4 Å². The molecular weight excluding hydrogens is 376 g/mol. The van der Waals surface area contributed by atoms with E-state index in [0.29, 0.717) is 23.6 Å². The number of nitrogens with zero attached hydrogens (tertiary/aromatic N) is 3. The molecule has 0 bridgehead atoms. The summed E-state index contributed by atoms with van der Waals surface area (Å²) in [5.74, 6) is 0.631. The molecule has 3 N–H and O–H groups in total. The van der Waals surface area contributed by atoms with Gasteiger partial charge in [0.15, 0.2) is 0 Å². The fourth-order valence-electron chi connectivity index (χ4n) is 3.89. The Hall–Kier alpha value is -2.65. The molecular formula is C19H24N6O2S. The molecule has 1 aliphatic heterocycles. The predicted octanol–water partition coefficient (Wildman–Crippen LogP) is 2.99. The fourth-order valence-corrected chi connectivity index (χ4v) is 4.65. The van der Waals surface area contributed by atoms with Crippen molar-refractivity contribution in [3.05, 3.63) is 36.8 Å². The molecule has 2 aromatic heterocycles. The van der Waals surface area contributed by atoms with Crippen molar-refractivity contribution in [2.45, 2.75) is 43.7 Å². The summed E-state index contributed by atoms with van der Waals surface area (Å²) in [7, 11) is -2.15. The number of anilines is 3. The van der Waals surface area contributed by atoms with Crippen LogP contribution < -0.4 is 14.9 Å². The van der Waals surface area contributed by atoms with Gasteiger partial charge >= 0.3 is 0 Å². The standard InChI is InChI=1S/C19H24N6O2S/c1-12-4-5-13(2)25(12)17-7-6-14(28(26,27)20-3)10-16(17)24-19-15-8-9-21-18(15)22-11-23-19/h6-13,20H,4-5H2,1-3H3,(H2,21,22,23,24). The van der Waals surface area contributed by atoms with Gasteiger partial charge in [-0.25, -0.2) is 23.1 Å². The molecule has 3 heterocycles. The summed E-state index contributed by atoms with van der Waals surface area (Å²) in [5, 5.41) is 4.20. The number of hydrogen-bond donors (Lipinski definition) is 3. The minimum absolute atomic E-state index is 0.208. The SMILES string of the molecule is CNS(=O)(=O)c1ccc(N2C(C)CCC2C)c(Nc2ncnc3[nH]ccc23)c1. The summed E-state index contributed by atoms with van der Waals surface area (Å²) in [5.41, 5.74) is 2.40. The van der Waals surface area contributed by atoms with E-state index in [2.05, 4.69) is 43.7 Å². The van der Waals surface area contributed by atoms with Crippen LogP contribution in [0, 0.1) is 0 Å². The topological polar surface area (TPSA) is 103 Å². The number of fused-ring (bicyclic) bond motifs is 1. The smallest absolute Gasteiger partial charge is 0.240 e. The Balaban J connectivity index is 1.84. The largest absolute Gasteiger partial charge is 0.364 e. The van der Waals surface area contributed by atoms with Crippen LogP contribution in [-0.4, -0.2) is 42.5 Å². The molecule has 3 aromatic rings. The Bertz CT molecular complexity index is 1100. The maximum absolute atomic E-state index is 12.4. The van der Waals surface area contributed by atoms with E-state index in [1.807, 2.05) is 12.1 Å². The molecule has 8 nitrogen and oxygen atoms in total. The Labute approximate surface area is 164 Å². The number of aromatic amines is 1. The third-order valence-corrected chi connectivity index (χ3v) is 6.80. The Morgan fingerprint density at radius 3 is 2.61 bits per heavy atom. The second kappa shape index (κ2) is 7.06. The normalized spacial score (nSPS) is 20.0. The van der Waals surface area contributed by atoms with Gasteiger partial charge in [-0.15, -0.1) is 0 Å². The van der Waals surface area contributed by atoms with Gasteiger partial charge in [0.2, 0.25) is 10.0 Å². The molecule has 0 aliphatic carbocycles. The first-order valence-corrected chi connectivity index (χ1v) is 10.8. The molecule has 1 saturated heterocycles. The van der Waals surface area contributed by atoms with Gasteiger partial charge < -0.3 is 15.2 Å². The molecule has 2 atom stereocenters. The first-order chi connectivity index (χ1) is 13.4. The molecule has 4 rings (SSSR count). The summed E-state index contributed by atoms with van der Waals surface area (Å²) >= 11 is 0. The molecule has 9 heteroatoms. The zero-order valence-electron chi connectivity index (χ0n) is 16.1. The van der Waals surface area contributed by atoms with E-state index < -0.39 is 10.0 Å². The lowest BCUT2D eigenvalue weighted by Gasteiger charge is -2.31. The molecule has 0 saturated carbocycles. The number of sulfonamides is 1. The number of rotatable bonds is 5. The van der Waals surface area contributed by atoms with Gasteiger partial charge in [0.05, 0.1) is 21.7 Å². The third-order valence-electron chi connectivity index (χ3n) is 5.38. The van der Waals surface area contributed by atoms with Gasteiger partial charge in [-0.3, -0.25) is 0 Å². The second-order valence-corrected chi connectivity index (χ2v) is 9.04. The average molecular weight is 401 g/mol. The zero-order chi connectivity index (χ0) is 19.9. The fraction of sp³-hybridized carbons (Fsp3) is 0.368. The van der Waals surface area contributed by atoms with Crippen LogP contribution in [0.4, 0.5) is 17.2 Å². The van der Waals surface area contributed by atoms with E-state index in [-0.39, 0.29) is 4.90 Å². The first-order valence-electron chi connectivity index (χ1n) is 9.32. The van der Waals surface area contributed by atoms with Gasteiger partial charge in [-0.2, -0.15) is 0 Å². The van der Waals surface area contributed by atoms with Crippen LogP contribution in [0.3, 0.4) is 0 Å². The van der Waals surface area contributed by atoms with E-state index in [4.69, 9.17) is 0 Å². The van der Waals surface area contributed by atoms with Crippen molar-refractivity contribution in [2.24, 2.45) is 0 Å². The summed E-state index contributed by atoms with van der Waals surface area (Å²) in [6.07, 6.45) is 5.49. The van der Waals surface area contributed by atoms with Gasteiger partial charge in [-0.05, 0) is 58.0 Å². The van der Waals surface area contributed by atoms with Crippen molar-refractivity contribution in [3.8, 4) is 0 Å². The van der Waals surface area contributed by atoms with Gasteiger partial charge in [0.25, 0.3) is 0 Å². The molecule has 0 radical (unpaired) electrons. The van der Waals surface area contributed by atoms with Crippen LogP contribution in [0.25, 0.3) is 11.0 Å². The molecule has 2 unspecified atom stereocenters. The minimum Gasteiger partial charge on any atom is -0.364 e. The van der Waals surface area contributed by atoms with E-state index in [9.17, 15) is 8.42 Å². The Morgan fingerprint density at radius 1 is 1.14 bits per heavy atom. The van der Waals surface area contributed by atoms with Crippen molar-refractivity contribution in [3.63, 3.8) is 0 Å². The highest BCUT2D eigenvalue weighted by molar-refractivity contribution is 7.89. The molecule has 1 fully saturated rings. The number of nitrogens with one attached hydrogen (secondary N) is 3. The summed E-state index contributed by atoms with van der Waals surface area (Å²) in [4.78, 5) is 14.2. The summed E-state index contributed by atoms with van der Waals surface area (Å²) in [6.45, 7) is 4.39. The highest BCUT2D eigenvalue weighted by Gasteiger charge is 2.30. The maximum atomic E-state index is 12.4. The lowest BCUT2D eigenvalue weighted by molar-refractivity contribution is 0.588. The number of hydrogen-bond acceptors (Lipinski definition) is 6. The Kier molecular flexibility index (Phi) is 4.72. The van der Waals surface area contributed by atoms with Crippen molar-refractivity contribution >= 4 is 38.2 Å². The van der Waals surface area contributed by atoms with Crippen molar-refractivity contribution in [1.82, 2.24) is 19.7 Å². The molecule has 0 amide bonds. The highest BCUT2D eigenvalue weighted by atomic mass is 32.2. The van der Waals surface area contributed by atoms with Gasteiger partial charge in [-0.1, -0.05) is 0 Å². The molecule has 0 spiro atoms. The lowest BCUT2D eigenvalue weighted by Crippen LogP contribution is -2.33. The predicted molar refractivity (Wildman–Crippen MR) is 110 cm³/mol.